The molecule has 0 saturated carbocycles. The third kappa shape index (κ3) is 3.17. The van der Waals surface area contributed by atoms with E-state index in [0.29, 0.717) is 31.1 Å². The Morgan fingerprint density at radius 1 is 1.44 bits per heavy atom. The number of aromatic amines is 1. The van der Waals surface area contributed by atoms with E-state index in [1.54, 1.807) is 13.3 Å². The molecule has 0 saturated heterocycles. The minimum atomic E-state index is 0.586. The van der Waals surface area contributed by atoms with Crippen molar-refractivity contribution in [2.45, 2.75) is 6.54 Å². The number of nitrogens with one attached hydrogen (secondary N) is 1. The van der Waals surface area contributed by atoms with Gasteiger partial charge in [-0.25, -0.2) is 4.98 Å². The van der Waals surface area contributed by atoms with Crippen molar-refractivity contribution in [2.24, 2.45) is 0 Å². The second-order valence-electron chi connectivity index (χ2n) is 3.71. The van der Waals surface area contributed by atoms with Crippen LogP contribution in [0.4, 0.5) is 0 Å². The Hall–Kier alpha value is -0.760. The van der Waals surface area contributed by atoms with E-state index in [9.17, 15) is 0 Å². The first-order chi connectivity index (χ1) is 8.72. The number of ether oxygens (including phenoxy) is 2. The lowest BCUT2D eigenvalue weighted by molar-refractivity contribution is 0.0668. The van der Waals surface area contributed by atoms with E-state index < -0.39 is 0 Å². The molecule has 18 heavy (non-hydrogen) atoms. The van der Waals surface area contributed by atoms with Gasteiger partial charge < -0.3 is 14.5 Å². The lowest BCUT2D eigenvalue weighted by Gasteiger charge is -2.05. The highest BCUT2D eigenvalue weighted by atomic mass is 79.9. The summed E-state index contributed by atoms with van der Waals surface area (Å²) in [5, 5.41) is 0. The van der Waals surface area contributed by atoms with Gasteiger partial charge >= 0.3 is 0 Å². The number of nitrogens with zero attached hydrogens (tertiary/aromatic N) is 2. The van der Waals surface area contributed by atoms with Crippen LogP contribution in [0.2, 0.25) is 0 Å². The fourth-order valence-electron chi connectivity index (χ4n) is 1.63. The number of methoxy groups -OCH3 is 1. The molecule has 7 heteroatoms. The van der Waals surface area contributed by atoms with Crippen LogP contribution in [0.1, 0.15) is 0 Å². The number of hydrogen-bond donors (Lipinski definition) is 1. The van der Waals surface area contributed by atoms with Gasteiger partial charge in [0.1, 0.15) is 0 Å². The highest BCUT2D eigenvalue weighted by Crippen LogP contribution is 2.16. The van der Waals surface area contributed by atoms with Gasteiger partial charge in [0.25, 0.3) is 0 Å². The predicted octanol–water partition coefficient (Wildman–Crippen LogP) is 2.52. The summed E-state index contributed by atoms with van der Waals surface area (Å²) >= 11 is 8.65. The molecule has 0 fully saturated rings. The average molecular weight is 332 g/mol. The summed E-state index contributed by atoms with van der Waals surface area (Å²) < 4.78 is 13.9. The number of pyridine rings is 1. The van der Waals surface area contributed by atoms with Gasteiger partial charge in [0, 0.05) is 17.8 Å². The number of halogens is 1. The molecule has 2 aromatic rings. The number of aromatic nitrogens is 3. The van der Waals surface area contributed by atoms with Crippen LogP contribution >= 0.6 is 28.1 Å². The Morgan fingerprint density at radius 3 is 3.06 bits per heavy atom. The molecule has 0 aliphatic heterocycles. The van der Waals surface area contributed by atoms with Gasteiger partial charge in [-0.05, 0) is 34.2 Å². The Labute approximate surface area is 118 Å². The molecule has 0 aromatic carbocycles. The smallest absolute Gasteiger partial charge is 0.179 e. The van der Waals surface area contributed by atoms with Gasteiger partial charge in [-0.2, -0.15) is 0 Å². The molecule has 98 valence electrons. The molecule has 0 bridgehead atoms. The van der Waals surface area contributed by atoms with Gasteiger partial charge in [-0.1, -0.05) is 0 Å². The number of rotatable bonds is 6. The zero-order chi connectivity index (χ0) is 13.0. The lowest BCUT2D eigenvalue weighted by Crippen LogP contribution is -2.09. The first kappa shape index (κ1) is 13.7. The Kier molecular flexibility index (Phi) is 4.87. The molecule has 0 atom stereocenters. The molecule has 2 heterocycles. The maximum atomic E-state index is 5.43. The molecule has 0 unspecified atom stereocenters. The van der Waals surface area contributed by atoms with Crippen LogP contribution in [0.25, 0.3) is 11.2 Å². The summed E-state index contributed by atoms with van der Waals surface area (Å²) in [7, 11) is 1.65. The van der Waals surface area contributed by atoms with Crippen molar-refractivity contribution in [1.82, 2.24) is 14.5 Å². The SMILES string of the molecule is COCCOCCn1c(=S)[nH]c2cc(Br)cnc21. The monoisotopic (exact) mass is 331 g/mol. The number of hydrogen-bond acceptors (Lipinski definition) is 4. The molecule has 5 nitrogen and oxygen atoms in total. The zero-order valence-electron chi connectivity index (χ0n) is 9.98. The van der Waals surface area contributed by atoms with Crippen molar-refractivity contribution in [3.63, 3.8) is 0 Å². The summed E-state index contributed by atoms with van der Waals surface area (Å²) in [6.07, 6.45) is 1.76. The van der Waals surface area contributed by atoms with Crippen LogP contribution < -0.4 is 0 Å². The van der Waals surface area contributed by atoms with E-state index in [2.05, 4.69) is 25.9 Å². The Morgan fingerprint density at radius 2 is 2.28 bits per heavy atom. The highest BCUT2D eigenvalue weighted by molar-refractivity contribution is 9.10. The molecule has 0 aliphatic rings. The summed E-state index contributed by atoms with van der Waals surface area (Å²) in [6, 6.07) is 1.96. The average Bonchev–Trinajstić information content (AvgIpc) is 2.64. The molecular formula is C11H14BrN3O2S. The molecule has 0 aliphatic carbocycles. The molecule has 0 spiro atoms. The Balaban J connectivity index is 2.08. The molecule has 1 N–H and O–H groups in total. The van der Waals surface area contributed by atoms with Crippen LogP contribution in [-0.4, -0.2) is 41.5 Å². The molecule has 2 aromatic heterocycles. The zero-order valence-corrected chi connectivity index (χ0v) is 12.4. The van der Waals surface area contributed by atoms with Crippen molar-refractivity contribution in [3.05, 3.63) is 21.5 Å². The minimum absolute atomic E-state index is 0.586. The van der Waals surface area contributed by atoms with E-state index in [1.807, 2.05) is 10.6 Å². The van der Waals surface area contributed by atoms with E-state index in [-0.39, 0.29) is 0 Å². The van der Waals surface area contributed by atoms with Crippen molar-refractivity contribution >= 4 is 39.3 Å². The van der Waals surface area contributed by atoms with Gasteiger partial charge in [0.15, 0.2) is 10.4 Å². The van der Waals surface area contributed by atoms with Crippen molar-refractivity contribution in [2.75, 3.05) is 26.9 Å². The first-order valence-electron chi connectivity index (χ1n) is 5.53. The molecule has 0 radical (unpaired) electrons. The second-order valence-corrected chi connectivity index (χ2v) is 5.01. The summed E-state index contributed by atoms with van der Waals surface area (Å²) in [5.41, 5.74) is 1.77. The minimum Gasteiger partial charge on any atom is -0.382 e. The second kappa shape index (κ2) is 6.42. The van der Waals surface area contributed by atoms with Crippen molar-refractivity contribution < 1.29 is 9.47 Å². The van der Waals surface area contributed by atoms with Crippen LogP contribution in [0, 0.1) is 4.77 Å². The van der Waals surface area contributed by atoms with Crippen LogP contribution in [0.3, 0.4) is 0 Å². The third-order valence-corrected chi connectivity index (χ3v) is 3.22. The Bertz CT molecular complexity index is 581. The molecule has 2 rings (SSSR count). The van der Waals surface area contributed by atoms with Gasteiger partial charge in [-0.15, -0.1) is 0 Å². The topological polar surface area (TPSA) is 52.1 Å². The van der Waals surface area contributed by atoms with Gasteiger partial charge in [0.2, 0.25) is 0 Å². The molecular weight excluding hydrogens is 318 g/mol. The van der Waals surface area contributed by atoms with Gasteiger partial charge in [-0.3, -0.25) is 4.57 Å². The summed E-state index contributed by atoms with van der Waals surface area (Å²) in [4.78, 5) is 7.48. The number of fused-ring (bicyclic) bond motifs is 1. The largest absolute Gasteiger partial charge is 0.382 e. The maximum absolute atomic E-state index is 5.43. The highest BCUT2D eigenvalue weighted by Gasteiger charge is 2.05. The fraction of sp³-hybridized carbons (Fsp3) is 0.455. The first-order valence-corrected chi connectivity index (χ1v) is 6.73. The lowest BCUT2D eigenvalue weighted by atomic mass is 10.4. The van der Waals surface area contributed by atoms with E-state index >= 15 is 0 Å². The van der Waals surface area contributed by atoms with Crippen LogP contribution in [0.15, 0.2) is 16.7 Å². The fourth-order valence-corrected chi connectivity index (χ4v) is 2.24. The quantitative estimate of drug-likeness (QED) is 0.652. The van der Waals surface area contributed by atoms with Crippen LogP contribution in [-0.2, 0) is 16.0 Å². The summed E-state index contributed by atoms with van der Waals surface area (Å²) in [6.45, 7) is 2.45. The van der Waals surface area contributed by atoms with Crippen molar-refractivity contribution in [3.8, 4) is 0 Å². The number of H-pyrrole nitrogens is 1. The predicted molar refractivity (Wildman–Crippen MR) is 75.3 cm³/mol. The summed E-state index contributed by atoms with van der Waals surface area (Å²) in [5.74, 6) is 0. The van der Waals surface area contributed by atoms with Gasteiger partial charge in [0.05, 0.1) is 31.9 Å². The molecule has 0 amide bonds. The van der Waals surface area contributed by atoms with E-state index in [0.717, 1.165) is 15.6 Å². The maximum Gasteiger partial charge on any atom is 0.179 e. The standard InChI is InChI=1S/C11H14BrN3O2S/c1-16-4-5-17-3-2-15-10-9(14-11(15)18)6-8(12)7-13-10/h6-7H,2-5H2,1H3,(H,14,18). The third-order valence-electron chi connectivity index (χ3n) is 2.47. The number of imidazole rings is 1. The van der Waals surface area contributed by atoms with Crippen molar-refractivity contribution in [1.29, 1.82) is 0 Å². The van der Waals surface area contributed by atoms with E-state index in [4.69, 9.17) is 21.7 Å². The van der Waals surface area contributed by atoms with Crippen LogP contribution in [0.5, 0.6) is 0 Å². The van der Waals surface area contributed by atoms with E-state index in [1.165, 1.54) is 0 Å². The normalized spacial score (nSPS) is 11.2.